The van der Waals surface area contributed by atoms with Gasteiger partial charge in [0.1, 0.15) is 22.4 Å². The van der Waals surface area contributed by atoms with E-state index in [1.807, 2.05) is 20.8 Å². The molecule has 1 aliphatic heterocycles. The van der Waals surface area contributed by atoms with Crippen molar-refractivity contribution in [2.24, 2.45) is 0 Å². The molecule has 146 valence electrons. The number of ether oxygens (including phenoxy) is 1. The Morgan fingerprint density at radius 3 is 2.86 bits per heavy atom. The summed E-state index contributed by atoms with van der Waals surface area (Å²) < 4.78 is 10.6. The highest BCUT2D eigenvalue weighted by Crippen LogP contribution is 2.37. The zero-order valence-electron chi connectivity index (χ0n) is 15.9. The molecule has 0 spiro atoms. The number of nitrogens with one attached hydrogen (secondary N) is 1. The van der Waals surface area contributed by atoms with Gasteiger partial charge < -0.3 is 19.4 Å². The minimum absolute atomic E-state index is 0.351. The van der Waals surface area contributed by atoms with E-state index in [9.17, 15) is 14.9 Å². The van der Waals surface area contributed by atoms with Crippen LogP contribution in [0.4, 0.5) is 9.80 Å². The summed E-state index contributed by atoms with van der Waals surface area (Å²) in [5, 5.41) is 12.8. The number of carbonyl (C=O) groups is 2. The van der Waals surface area contributed by atoms with Gasteiger partial charge in [-0.15, -0.1) is 11.3 Å². The van der Waals surface area contributed by atoms with E-state index in [1.54, 1.807) is 23.1 Å². The fourth-order valence-corrected chi connectivity index (χ4v) is 4.01. The van der Waals surface area contributed by atoms with Gasteiger partial charge >= 0.3 is 6.09 Å². The summed E-state index contributed by atoms with van der Waals surface area (Å²) in [5.41, 5.74) is 0.783. The minimum Gasteiger partial charge on any atom is -0.465 e. The number of rotatable bonds is 3. The van der Waals surface area contributed by atoms with Gasteiger partial charge in [0.15, 0.2) is 0 Å². The first-order chi connectivity index (χ1) is 13.3. The third kappa shape index (κ3) is 4.61. The molecule has 2 amide bonds. The molecule has 28 heavy (non-hydrogen) atoms. The van der Waals surface area contributed by atoms with E-state index in [2.05, 4.69) is 11.4 Å². The molecule has 0 saturated carbocycles. The van der Waals surface area contributed by atoms with Crippen LogP contribution in [0.15, 0.2) is 28.9 Å². The Morgan fingerprint density at radius 1 is 1.43 bits per heavy atom. The van der Waals surface area contributed by atoms with E-state index >= 15 is 0 Å². The summed E-state index contributed by atoms with van der Waals surface area (Å²) in [6, 6.07) is 5.65. The molecular formula is C20H21N3O4S. The number of carbonyl (C=O) groups excluding carboxylic acids is 2. The van der Waals surface area contributed by atoms with Gasteiger partial charge in [-0.05, 0) is 51.0 Å². The molecular weight excluding hydrogens is 378 g/mol. The molecule has 3 rings (SSSR count). The SMILES string of the molecule is CC(C)(C)OC(=O)N1CCc2c(sc(NC(=O)C=Cc3ccco3)c2C#N)C1. The van der Waals surface area contributed by atoms with Crippen molar-refractivity contribution in [2.75, 3.05) is 11.9 Å². The Labute approximate surface area is 167 Å². The Balaban J connectivity index is 1.73. The first-order valence-electron chi connectivity index (χ1n) is 8.82. The van der Waals surface area contributed by atoms with Crippen LogP contribution in [0.25, 0.3) is 6.08 Å². The molecule has 0 atom stereocenters. The van der Waals surface area contributed by atoms with Crippen LogP contribution in [0.3, 0.4) is 0 Å². The molecule has 0 unspecified atom stereocenters. The predicted molar refractivity (Wildman–Crippen MR) is 106 cm³/mol. The molecule has 2 aromatic heterocycles. The molecule has 3 heterocycles. The van der Waals surface area contributed by atoms with Gasteiger partial charge in [-0.3, -0.25) is 4.79 Å². The highest BCUT2D eigenvalue weighted by molar-refractivity contribution is 7.16. The van der Waals surface area contributed by atoms with Crippen LogP contribution in [0.1, 0.15) is 42.5 Å². The Bertz CT molecular complexity index is 945. The molecule has 1 aliphatic rings. The molecule has 0 fully saturated rings. The zero-order chi connectivity index (χ0) is 20.3. The van der Waals surface area contributed by atoms with Crippen molar-refractivity contribution < 1.29 is 18.7 Å². The fraction of sp³-hybridized carbons (Fsp3) is 0.350. The fourth-order valence-electron chi connectivity index (χ4n) is 2.79. The third-order valence-electron chi connectivity index (χ3n) is 4.00. The summed E-state index contributed by atoms with van der Waals surface area (Å²) in [7, 11) is 0. The first kappa shape index (κ1) is 19.7. The average Bonchev–Trinajstić information content (AvgIpc) is 3.24. The Kier molecular flexibility index (Phi) is 5.56. The van der Waals surface area contributed by atoms with Crippen LogP contribution in [0.5, 0.6) is 0 Å². The summed E-state index contributed by atoms with van der Waals surface area (Å²) in [5.74, 6) is 0.213. The zero-order valence-corrected chi connectivity index (χ0v) is 16.8. The quantitative estimate of drug-likeness (QED) is 0.782. The van der Waals surface area contributed by atoms with Crippen molar-refractivity contribution >= 4 is 34.4 Å². The van der Waals surface area contributed by atoms with Crippen molar-refractivity contribution in [3.63, 3.8) is 0 Å². The predicted octanol–water partition coefficient (Wildman–Crippen LogP) is 4.16. The first-order valence-corrected chi connectivity index (χ1v) is 9.63. The lowest BCUT2D eigenvalue weighted by Gasteiger charge is -2.29. The maximum Gasteiger partial charge on any atom is 0.410 e. The van der Waals surface area contributed by atoms with Gasteiger partial charge in [-0.1, -0.05) is 0 Å². The van der Waals surface area contributed by atoms with E-state index < -0.39 is 5.60 Å². The van der Waals surface area contributed by atoms with Crippen LogP contribution in [-0.4, -0.2) is 29.0 Å². The number of hydrogen-bond acceptors (Lipinski definition) is 6. The lowest BCUT2D eigenvalue weighted by Crippen LogP contribution is -2.39. The number of amides is 2. The van der Waals surface area contributed by atoms with Crippen LogP contribution in [0.2, 0.25) is 0 Å². The topological polar surface area (TPSA) is 95.6 Å². The number of thiophene rings is 1. The molecule has 0 aliphatic carbocycles. The molecule has 0 bridgehead atoms. The van der Waals surface area contributed by atoms with E-state index in [1.165, 1.54) is 23.7 Å². The Morgan fingerprint density at radius 2 is 2.21 bits per heavy atom. The van der Waals surface area contributed by atoms with Gasteiger partial charge in [-0.2, -0.15) is 5.26 Å². The second-order valence-electron chi connectivity index (χ2n) is 7.31. The average molecular weight is 399 g/mol. The summed E-state index contributed by atoms with van der Waals surface area (Å²) >= 11 is 1.32. The van der Waals surface area contributed by atoms with Gasteiger partial charge in [0, 0.05) is 17.5 Å². The summed E-state index contributed by atoms with van der Waals surface area (Å²) in [4.78, 5) is 27.0. The maximum atomic E-state index is 12.3. The molecule has 0 aromatic carbocycles. The van der Waals surface area contributed by atoms with Crippen LogP contribution in [0, 0.1) is 11.3 Å². The number of hydrogen-bond donors (Lipinski definition) is 1. The van der Waals surface area contributed by atoms with Crippen LogP contribution < -0.4 is 5.32 Å². The highest BCUT2D eigenvalue weighted by Gasteiger charge is 2.29. The van der Waals surface area contributed by atoms with E-state index in [0.29, 0.717) is 35.8 Å². The molecule has 7 nitrogen and oxygen atoms in total. The second kappa shape index (κ2) is 7.90. The number of furan rings is 1. The van der Waals surface area contributed by atoms with Gasteiger partial charge in [0.25, 0.3) is 0 Å². The number of nitrogens with zero attached hydrogens (tertiary/aromatic N) is 2. The third-order valence-corrected chi connectivity index (χ3v) is 5.13. The van der Waals surface area contributed by atoms with Crippen LogP contribution in [-0.2, 0) is 22.5 Å². The van der Waals surface area contributed by atoms with Gasteiger partial charge in [0.2, 0.25) is 5.91 Å². The Hall–Kier alpha value is -3.05. The van der Waals surface area contributed by atoms with E-state index in [0.717, 1.165) is 10.4 Å². The second-order valence-corrected chi connectivity index (χ2v) is 8.41. The maximum absolute atomic E-state index is 12.3. The van der Waals surface area contributed by atoms with Gasteiger partial charge in [-0.25, -0.2) is 4.79 Å². The standard InChI is InChI=1S/C20H21N3O4S/c1-20(2,3)27-19(25)23-9-8-14-15(11-21)18(28-16(14)12-23)22-17(24)7-6-13-5-4-10-26-13/h4-7,10H,8-9,12H2,1-3H3,(H,22,24). The lowest BCUT2D eigenvalue weighted by molar-refractivity contribution is -0.111. The molecule has 0 radical (unpaired) electrons. The molecule has 8 heteroatoms. The van der Waals surface area contributed by atoms with Crippen molar-refractivity contribution in [2.45, 2.75) is 39.3 Å². The lowest BCUT2D eigenvalue weighted by atomic mass is 10.0. The van der Waals surface area contributed by atoms with Crippen molar-refractivity contribution in [3.05, 3.63) is 46.2 Å². The van der Waals surface area contributed by atoms with Gasteiger partial charge in [0.05, 0.1) is 18.4 Å². The van der Waals surface area contributed by atoms with E-state index in [4.69, 9.17) is 9.15 Å². The molecule has 0 saturated heterocycles. The van der Waals surface area contributed by atoms with Crippen LogP contribution >= 0.6 is 11.3 Å². The van der Waals surface area contributed by atoms with Crippen molar-refractivity contribution in [1.82, 2.24) is 4.90 Å². The molecule has 1 N–H and O–H groups in total. The number of nitriles is 1. The van der Waals surface area contributed by atoms with Crippen molar-refractivity contribution in [1.29, 1.82) is 5.26 Å². The minimum atomic E-state index is -0.565. The molecule has 2 aromatic rings. The number of anilines is 1. The van der Waals surface area contributed by atoms with Crippen molar-refractivity contribution in [3.8, 4) is 6.07 Å². The van der Waals surface area contributed by atoms with E-state index in [-0.39, 0.29) is 12.0 Å². The largest absolute Gasteiger partial charge is 0.465 e. The smallest absolute Gasteiger partial charge is 0.410 e. The monoisotopic (exact) mass is 399 g/mol. The number of fused-ring (bicyclic) bond motifs is 1. The summed E-state index contributed by atoms with van der Waals surface area (Å²) in [6.45, 7) is 6.30. The highest BCUT2D eigenvalue weighted by atomic mass is 32.1. The summed E-state index contributed by atoms with van der Waals surface area (Å²) in [6.07, 6.45) is 4.60. The normalized spacial score (nSPS) is 13.9.